The maximum absolute atomic E-state index is 5.68. The van der Waals surface area contributed by atoms with Gasteiger partial charge in [-0.15, -0.1) is 6.58 Å². The van der Waals surface area contributed by atoms with Crippen LogP contribution in [0.2, 0.25) is 0 Å². The lowest BCUT2D eigenvalue weighted by molar-refractivity contribution is 0.309. The van der Waals surface area contributed by atoms with Crippen LogP contribution in [0.1, 0.15) is 25.3 Å². The number of unbranched alkanes of at least 4 members (excludes halogenated alkanes) is 1. The molecule has 0 unspecified atom stereocenters. The molecule has 0 aliphatic carbocycles. The second-order valence-electron chi connectivity index (χ2n) is 3.24. The lowest BCUT2D eigenvalue weighted by atomic mass is 10.1. The van der Waals surface area contributed by atoms with Crippen LogP contribution in [-0.2, 0) is 6.42 Å². The van der Waals surface area contributed by atoms with E-state index in [0.29, 0.717) is 0 Å². The molecule has 0 spiro atoms. The zero-order valence-corrected chi connectivity index (χ0v) is 8.83. The molecular weight excluding hydrogens is 172 g/mol. The van der Waals surface area contributed by atoms with Crippen LogP contribution in [0.3, 0.4) is 0 Å². The van der Waals surface area contributed by atoms with E-state index in [1.165, 1.54) is 5.56 Å². The third kappa shape index (κ3) is 3.25. The standard InChI is InChI=1S/C13H18O/c1-3-5-8-11-14-13-10-7-6-9-12(13)4-2/h3,6-7,9-10H,1,4-5,8,11H2,2H3. The van der Waals surface area contributed by atoms with Crippen LogP contribution in [0.15, 0.2) is 36.9 Å². The van der Waals surface area contributed by atoms with Gasteiger partial charge in [-0.1, -0.05) is 31.2 Å². The summed E-state index contributed by atoms with van der Waals surface area (Å²) >= 11 is 0. The minimum Gasteiger partial charge on any atom is -0.493 e. The molecule has 0 heterocycles. The van der Waals surface area contributed by atoms with E-state index in [1.54, 1.807) is 0 Å². The van der Waals surface area contributed by atoms with Gasteiger partial charge in [-0.2, -0.15) is 0 Å². The second kappa shape index (κ2) is 6.25. The first kappa shape index (κ1) is 10.8. The third-order valence-corrected chi connectivity index (χ3v) is 2.16. The molecule has 0 fully saturated rings. The first-order chi connectivity index (χ1) is 6.88. The van der Waals surface area contributed by atoms with E-state index in [-0.39, 0.29) is 0 Å². The third-order valence-electron chi connectivity index (χ3n) is 2.16. The lowest BCUT2D eigenvalue weighted by Gasteiger charge is -2.09. The van der Waals surface area contributed by atoms with Gasteiger partial charge in [-0.3, -0.25) is 0 Å². The minimum atomic E-state index is 0.781. The van der Waals surface area contributed by atoms with Gasteiger partial charge < -0.3 is 4.74 Å². The number of hydrogen-bond acceptors (Lipinski definition) is 1. The van der Waals surface area contributed by atoms with Crippen LogP contribution in [0.4, 0.5) is 0 Å². The van der Waals surface area contributed by atoms with Crippen molar-refractivity contribution < 1.29 is 4.74 Å². The molecule has 0 N–H and O–H groups in total. The zero-order valence-electron chi connectivity index (χ0n) is 8.83. The quantitative estimate of drug-likeness (QED) is 0.492. The molecule has 0 atom stereocenters. The number of benzene rings is 1. The zero-order chi connectivity index (χ0) is 10.2. The van der Waals surface area contributed by atoms with Gasteiger partial charge in [-0.25, -0.2) is 0 Å². The van der Waals surface area contributed by atoms with Gasteiger partial charge in [0.25, 0.3) is 0 Å². The molecule has 0 bridgehead atoms. The summed E-state index contributed by atoms with van der Waals surface area (Å²) in [5, 5.41) is 0. The van der Waals surface area contributed by atoms with Crippen molar-refractivity contribution in [3.05, 3.63) is 42.5 Å². The van der Waals surface area contributed by atoms with Crippen LogP contribution in [0.25, 0.3) is 0 Å². The average molecular weight is 190 g/mol. The highest BCUT2D eigenvalue weighted by Gasteiger charge is 1.98. The lowest BCUT2D eigenvalue weighted by Crippen LogP contribution is -1.99. The van der Waals surface area contributed by atoms with E-state index in [4.69, 9.17) is 4.74 Å². The SMILES string of the molecule is C=CCCCOc1ccccc1CC. The van der Waals surface area contributed by atoms with Gasteiger partial charge in [0.2, 0.25) is 0 Å². The van der Waals surface area contributed by atoms with E-state index >= 15 is 0 Å². The molecule has 1 aromatic carbocycles. The first-order valence-corrected chi connectivity index (χ1v) is 5.20. The Bertz CT molecular complexity index is 278. The van der Waals surface area contributed by atoms with Crippen LogP contribution < -0.4 is 4.74 Å². The molecule has 0 radical (unpaired) electrons. The summed E-state index contributed by atoms with van der Waals surface area (Å²) in [5.74, 6) is 1.03. The fraction of sp³-hybridized carbons (Fsp3) is 0.385. The van der Waals surface area contributed by atoms with E-state index in [2.05, 4.69) is 25.6 Å². The Kier molecular flexibility index (Phi) is 4.84. The van der Waals surface area contributed by atoms with E-state index < -0.39 is 0 Å². The van der Waals surface area contributed by atoms with Crippen LogP contribution in [0, 0.1) is 0 Å². The predicted molar refractivity (Wildman–Crippen MR) is 60.7 cm³/mol. The molecule has 0 saturated carbocycles. The van der Waals surface area contributed by atoms with Crippen molar-refractivity contribution in [2.24, 2.45) is 0 Å². The fourth-order valence-corrected chi connectivity index (χ4v) is 1.35. The Labute approximate surface area is 86.4 Å². The topological polar surface area (TPSA) is 9.23 Å². The van der Waals surface area contributed by atoms with Gasteiger partial charge in [0.05, 0.1) is 6.61 Å². The fourth-order valence-electron chi connectivity index (χ4n) is 1.35. The van der Waals surface area contributed by atoms with Crippen LogP contribution in [-0.4, -0.2) is 6.61 Å². The molecular formula is C13H18O. The highest BCUT2D eigenvalue weighted by Crippen LogP contribution is 2.18. The summed E-state index contributed by atoms with van der Waals surface area (Å²) < 4.78 is 5.68. The molecule has 0 aromatic heterocycles. The molecule has 0 saturated heterocycles. The smallest absolute Gasteiger partial charge is 0.122 e. The van der Waals surface area contributed by atoms with E-state index in [9.17, 15) is 0 Å². The molecule has 1 aromatic rings. The summed E-state index contributed by atoms with van der Waals surface area (Å²) in [7, 11) is 0. The average Bonchev–Trinajstić information content (AvgIpc) is 2.25. The van der Waals surface area contributed by atoms with Crippen molar-refractivity contribution >= 4 is 0 Å². The van der Waals surface area contributed by atoms with E-state index in [0.717, 1.165) is 31.6 Å². The van der Waals surface area contributed by atoms with Crippen molar-refractivity contribution in [1.82, 2.24) is 0 Å². The molecule has 1 nitrogen and oxygen atoms in total. The van der Waals surface area contributed by atoms with Crippen molar-refractivity contribution in [1.29, 1.82) is 0 Å². The molecule has 0 aliphatic heterocycles. The molecule has 0 aliphatic rings. The molecule has 14 heavy (non-hydrogen) atoms. The molecule has 76 valence electrons. The number of para-hydroxylation sites is 1. The van der Waals surface area contributed by atoms with Crippen LogP contribution >= 0.6 is 0 Å². The van der Waals surface area contributed by atoms with Gasteiger partial charge >= 0.3 is 0 Å². The first-order valence-electron chi connectivity index (χ1n) is 5.20. The maximum atomic E-state index is 5.68. The van der Waals surface area contributed by atoms with Crippen molar-refractivity contribution in [2.45, 2.75) is 26.2 Å². The minimum absolute atomic E-state index is 0.781. The Hall–Kier alpha value is -1.24. The number of rotatable bonds is 6. The summed E-state index contributed by atoms with van der Waals surface area (Å²) in [4.78, 5) is 0. The van der Waals surface area contributed by atoms with Gasteiger partial charge in [0, 0.05) is 0 Å². The maximum Gasteiger partial charge on any atom is 0.122 e. The highest BCUT2D eigenvalue weighted by molar-refractivity contribution is 5.33. The Morgan fingerprint density at radius 3 is 2.86 bits per heavy atom. The van der Waals surface area contributed by atoms with Gasteiger partial charge in [0.15, 0.2) is 0 Å². The largest absolute Gasteiger partial charge is 0.493 e. The normalized spacial score (nSPS) is 9.79. The van der Waals surface area contributed by atoms with Crippen molar-refractivity contribution in [2.75, 3.05) is 6.61 Å². The van der Waals surface area contributed by atoms with Gasteiger partial charge in [0.1, 0.15) is 5.75 Å². The number of ether oxygens (including phenoxy) is 1. The number of hydrogen-bond donors (Lipinski definition) is 0. The van der Waals surface area contributed by atoms with Crippen molar-refractivity contribution in [3.8, 4) is 5.75 Å². The summed E-state index contributed by atoms with van der Waals surface area (Å²) in [5.41, 5.74) is 1.28. The highest BCUT2D eigenvalue weighted by atomic mass is 16.5. The molecule has 1 rings (SSSR count). The van der Waals surface area contributed by atoms with Crippen LogP contribution in [0.5, 0.6) is 5.75 Å². The number of allylic oxidation sites excluding steroid dienone is 1. The monoisotopic (exact) mass is 190 g/mol. The Balaban J connectivity index is 2.44. The summed E-state index contributed by atoms with van der Waals surface area (Å²) in [6, 6.07) is 8.22. The summed E-state index contributed by atoms with van der Waals surface area (Å²) in [6.45, 7) is 6.61. The second-order valence-corrected chi connectivity index (χ2v) is 3.24. The van der Waals surface area contributed by atoms with E-state index in [1.807, 2.05) is 18.2 Å². The predicted octanol–water partition coefficient (Wildman–Crippen LogP) is 3.59. The molecule has 1 heteroatoms. The Morgan fingerprint density at radius 2 is 2.14 bits per heavy atom. The molecule has 0 amide bonds. The Morgan fingerprint density at radius 1 is 1.36 bits per heavy atom. The number of aryl methyl sites for hydroxylation is 1. The van der Waals surface area contributed by atoms with Gasteiger partial charge in [-0.05, 0) is 30.9 Å². The van der Waals surface area contributed by atoms with Crippen molar-refractivity contribution in [3.63, 3.8) is 0 Å². The summed E-state index contributed by atoms with van der Waals surface area (Å²) in [6.07, 6.45) is 5.02.